The lowest BCUT2D eigenvalue weighted by molar-refractivity contribution is -0.104. The predicted molar refractivity (Wildman–Crippen MR) is 114 cm³/mol. The fraction of sp³-hybridized carbons (Fsp3) is 0.435. The number of rotatable bonds is 5. The average Bonchev–Trinajstić information content (AvgIpc) is 2.63. The minimum absolute atomic E-state index is 0.0351. The SMILES string of the molecule is Cc1ccc(Nc2c(C(=O)N3CC(O)(C(C)NC(C)(C)C)C3)ccc(F)c2F)c(F)c1. The molecule has 5 nitrogen and oxygen atoms in total. The smallest absolute Gasteiger partial charge is 0.256 e. The summed E-state index contributed by atoms with van der Waals surface area (Å²) in [6.07, 6.45) is 0. The molecular formula is C23H28F3N3O2. The molecule has 8 heteroatoms. The van der Waals surface area contributed by atoms with Gasteiger partial charge >= 0.3 is 0 Å². The van der Waals surface area contributed by atoms with Crippen LogP contribution >= 0.6 is 0 Å². The van der Waals surface area contributed by atoms with Crippen molar-refractivity contribution in [1.82, 2.24) is 10.2 Å². The largest absolute Gasteiger partial charge is 0.385 e. The third-order valence-electron chi connectivity index (χ3n) is 5.38. The molecule has 1 unspecified atom stereocenters. The van der Waals surface area contributed by atoms with Crippen LogP contribution in [0.2, 0.25) is 0 Å². The molecule has 1 aliphatic rings. The van der Waals surface area contributed by atoms with Crippen LogP contribution in [-0.2, 0) is 0 Å². The maximum atomic E-state index is 14.6. The van der Waals surface area contributed by atoms with Gasteiger partial charge in [-0.2, -0.15) is 0 Å². The number of nitrogens with zero attached hydrogens (tertiary/aromatic N) is 1. The van der Waals surface area contributed by atoms with Crippen molar-refractivity contribution in [2.75, 3.05) is 18.4 Å². The van der Waals surface area contributed by atoms with Crippen LogP contribution in [0.3, 0.4) is 0 Å². The Morgan fingerprint density at radius 1 is 1.13 bits per heavy atom. The number of aryl methyl sites for hydroxylation is 1. The number of nitrogens with one attached hydrogen (secondary N) is 2. The van der Waals surface area contributed by atoms with Crippen molar-refractivity contribution in [1.29, 1.82) is 0 Å². The number of likely N-dealkylation sites (tertiary alicyclic amines) is 1. The van der Waals surface area contributed by atoms with Crippen LogP contribution in [0.25, 0.3) is 0 Å². The van der Waals surface area contributed by atoms with Crippen LogP contribution in [0.4, 0.5) is 24.5 Å². The summed E-state index contributed by atoms with van der Waals surface area (Å²) >= 11 is 0. The first-order valence-corrected chi connectivity index (χ1v) is 10.1. The van der Waals surface area contributed by atoms with E-state index in [1.807, 2.05) is 27.7 Å². The van der Waals surface area contributed by atoms with Gasteiger partial charge in [0.25, 0.3) is 5.91 Å². The highest BCUT2D eigenvalue weighted by Crippen LogP contribution is 2.32. The van der Waals surface area contributed by atoms with Gasteiger partial charge in [-0.1, -0.05) is 6.07 Å². The van der Waals surface area contributed by atoms with Gasteiger partial charge in [0.15, 0.2) is 11.6 Å². The summed E-state index contributed by atoms with van der Waals surface area (Å²) in [5.74, 6) is -3.66. The highest BCUT2D eigenvalue weighted by Gasteiger charge is 2.48. The van der Waals surface area contributed by atoms with E-state index in [-0.39, 0.29) is 35.9 Å². The lowest BCUT2D eigenvalue weighted by Crippen LogP contribution is -2.72. The van der Waals surface area contributed by atoms with E-state index in [1.165, 1.54) is 17.0 Å². The molecule has 0 spiro atoms. The molecule has 1 amide bonds. The summed E-state index contributed by atoms with van der Waals surface area (Å²) in [5.41, 5.74) is -1.36. The number of benzene rings is 2. The third kappa shape index (κ3) is 4.85. The Hall–Kier alpha value is -2.58. The molecule has 0 aliphatic carbocycles. The standard InChI is InChI=1S/C23H28F3N3O2/c1-13-6-9-18(17(25)10-13)27-20-15(7-8-16(24)19(20)26)21(30)29-11-23(31,12-29)14(2)28-22(3,4)5/h6-10,14,27-28,31H,11-12H2,1-5H3. The van der Waals surface area contributed by atoms with E-state index in [9.17, 15) is 23.1 Å². The molecule has 2 aromatic rings. The van der Waals surface area contributed by atoms with Crippen LogP contribution in [0, 0.1) is 24.4 Å². The number of carbonyl (C=O) groups excluding carboxylic acids is 1. The number of hydrogen-bond acceptors (Lipinski definition) is 4. The zero-order valence-electron chi connectivity index (χ0n) is 18.3. The van der Waals surface area contributed by atoms with Gasteiger partial charge in [0, 0.05) is 11.6 Å². The molecule has 1 aliphatic heterocycles. The molecule has 3 rings (SSSR count). The number of carbonyl (C=O) groups is 1. The second-order valence-electron chi connectivity index (χ2n) is 9.27. The van der Waals surface area contributed by atoms with E-state index >= 15 is 0 Å². The first-order valence-electron chi connectivity index (χ1n) is 10.1. The van der Waals surface area contributed by atoms with Crippen LogP contribution in [0.1, 0.15) is 43.6 Å². The molecule has 1 heterocycles. The highest BCUT2D eigenvalue weighted by molar-refractivity contribution is 6.01. The van der Waals surface area contributed by atoms with Crippen LogP contribution in [0.5, 0.6) is 0 Å². The Morgan fingerprint density at radius 3 is 2.35 bits per heavy atom. The van der Waals surface area contributed by atoms with Gasteiger partial charge in [0.1, 0.15) is 11.4 Å². The van der Waals surface area contributed by atoms with E-state index in [2.05, 4.69) is 10.6 Å². The molecule has 1 fully saturated rings. The van der Waals surface area contributed by atoms with Crippen molar-refractivity contribution < 1.29 is 23.1 Å². The van der Waals surface area contributed by atoms with Crippen molar-refractivity contribution in [3.63, 3.8) is 0 Å². The Kier molecular flexibility index (Phi) is 6.08. The molecule has 1 saturated heterocycles. The number of amides is 1. The van der Waals surface area contributed by atoms with Gasteiger partial charge < -0.3 is 20.6 Å². The molecular weight excluding hydrogens is 407 g/mol. The van der Waals surface area contributed by atoms with Crippen LogP contribution in [-0.4, -0.2) is 46.2 Å². The number of aliphatic hydroxyl groups is 1. The van der Waals surface area contributed by atoms with E-state index in [0.717, 1.165) is 12.1 Å². The average molecular weight is 435 g/mol. The monoisotopic (exact) mass is 435 g/mol. The highest BCUT2D eigenvalue weighted by atomic mass is 19.2. The Labute approximate surface area is 180 Å². The van der Waals surface area contributed by atoms with Gasteiger partial charge in [-0.25, -0.2) is 13.2 Å². The fourth-order valence-electron chi connectivity index (χ4n) is 3.69. The molecule has 0 saturated carbocycles. The molecule has 3 N–H and O–H groups in total. The zero-order chi connectivity index (χ0) is 23.1. The molecule has 31 heavy (non-hydrogen) atoms. The lowest BCUT2D eigenvalue weighted by Gasteiger charge is -2.51. The van der Waals surface area contributed by atoms with Gasteiger partial charge in [-0.15, -0.1) is 0 Å². The molecule has 1 atom stereocenters. The maximum absolute atomic E-state index is 14.6. The van der Waals surface area contributed by atoms with Crippen molar-refractivity contribution in [3.05, 3.63) is 58.9 Å². The predicted octanol–water partition coefficient (Wildman–Crippen LogP) is 4.12. The molecule has 168 valence electrons. The molecule has 2 aromatic carbocycles. The Balaban J connectivity index is 1.83. The van der Waals surface area contributed by atoms with Crippen LogP contribution in [0.15, 0.2) is 30.3 Å². The van der Waals surface area contributed by atoms with E-state index in [0.29, 0.717) is 5.56 Å². The second-order valence-corrected chi connectivity index (χ2v) is 9.27. The van der Waals surface area contributed by atoms with Crippen molar-refractivity contribution >= 4 is 17.3 Å². The first kappa shape index (κ1) is 23.1. The first-order chi connectivity index (χ1) is 14.3. The molecule has 0 radical (unpaired) electrons. The maximum Gasteiger partial charge on any atom is 0.256 e. The number of halogens is 3. The minimum Gasteiger partial charge on any atom is -0.385 e. The fourth-order valence-corrected chi connectivity index (χ4v) is 3.69. The van der Waals surface area contributed by atoms with Crippen molar-refractivity contribution in [3.8, 4) is 0 Å². The summed E-state index contributed by atoms with van der Waals surface area (Å²) in [6, 6.07) is 5.98. The van der Waals surface area contributed by atoms with Gasteiger partial charge in [0.2, 0.25) is 0 Å². The molecule has 0 aromatic heterocycles. The summed E-state index contributed by atoms with van der Waals surface area (Å²) in [6.45, 7) is 9.51. The van der Waals surface area contributed by atoms with E-state index in [1.54, 1.807) is 13.0 Å². The number of hydrogen-bond donors (Lipinski definition) is 3. The van der Waals surface area contributed by atoms with Crippen molar-refractivity contribution in [2.24, 2.45) is 0 Å². The van der Waals surface area contributed by atoms with E-state index < -0.39 is 34.6 Å². The zero-order valence-corrected chi connectivity index (χ0v) is 18.3. The summed E-state index contributed by atoms with van der Waals surface area (Å²) in [5, 5.41) is 16.6. The van der Waals surface area contributed by atoms with Gasteiger partial charge in [-0.05, 0) is 64.4 Å². The second kappa shape index (κ2) is 8.16. The van der Waals surface area contributed by atoms with Gasteiger partial charge in [-0.3, -0.25) is 4.79 Å². The third-order valence-corrected chi connectivity index (χ3v) is 5.38. The van der Waals surface area contributed by atoms with Crippen molar-refractivity contribution in [2.45, 2.75) is 51.8 Å². The van der Waals surface area contributed by atoms with Gasteiger partial charge in [0.05, 0.1) is 30.0 Å². The Morgan fingerprint density at radius 2 is 1.77 bits per heavy atom. The summed E-state index contributed by atoms with van der Waals surface area (Å²) in [4.78, 5) is 14.4. The topological polar surface area (TPSA) is 64.6 Å². The van der Waals surface area contributed by atoms with Crippen LogP contribution < -0.4 is 10.6 Å². The minimum atomic E-state index is -1.27. The lowest BCUT2D eigenvalue weighted by atomic mass is 9.85. The summed E-state index contributed by atoms with van der Waals surface area (Å²) in [7, 11) is 0. The quantitative estimate of drug-likeness (QED) is 0.661. The number of anilines is 2. The van der Waals surface area contributed by atoms with E-state index in [4.69, 9.17) is 0 Å². The summed E-state index contributed by atoms with van der Waals surface area (Å²) < 4.78 is 42.7. The number of β-amino-alcohol motifs (C(OH)–C–C–N with tert-alkyl or cyclic N) is 1. The normalized spacial score (nSPS) is 16.6. The molecule has 0 bridgehead atoms. The Bertz CT molecular complexity index is 998.